The summed E-state index contributed by atoms with van der Waals surface area (Å²) in [6, 6.07) is 0. The summed E-state index contributed by atoms with van der Waals surface area (Å²) in [6.45, 7) is 3.48. The van der Waals surface area contributed by atoms with Gasteiger partial charge in [0.2, 0.25) is 5.91 Å². The van der Waals surface area contributed by atoms with Gasteiger partial charge in [-0.25, -0.2) is 4.98 Å². The molecule has 0 bridgehead atoms. The topological polar surface area (TPSA) is 89.0 Å². The van der Waals surface area contributed by atoms with Gasteiger partial charge in [-0.15, -0.1) is 11.3 Å². The SMILES string of the molecule is COC(=O)CCC(=O)N1CCc2nc(C(=O)N3CCOCC3)sc2CC1. The molecule has 0 spiro atoms. The first kappa shape index (κ1) is 18.8. The maximum Gasteiger partial charge on any atom is 0.306 e. The molecule has 3 heterocycles. The van der Waals surface area contributed by atoms with E-state index in [0.717, 1.165) is 10.6 Å². The van der Waals surface area contributed by atoms with Crippen LogP contribution < -0.4 is 0 Å². The van der Waals surface area contributed by atoms with Crippen molar-refractivity contribution in [3.05, 3.63) is 15.6 Å². The summed E-state index contributed by atoms with van der Waals surface area (Å²) in [4.78, 5) is 45.2. The van der Waals surface area contributed by atoms with E-state index in [4.69, 9.17) is 4.74 Å². The van der Waals surface area contributed by atoms with Gasteiger partial charge in [0.05, 0.1) is 32.4 Å². The Labute approximate surface area is 156 Å². The second-order valence-corrected chi connectivity index (χ2v) is 7.33. The van der Waals surface area contributed by atoms with Gasteiger partial charge in [0.25, 0.3) is 5.91 Å². The van der Waals surface area contributed by atoms with E-state index in [1.165, 1.54) is 18.4 Å². The molecule has 0 saturated carbocycles. The number of esters is 1. The first-order chi connectivity index (χ1) is 12.6. The minimum absolute atomic E-state index is 0.0302. The van der Waals surface area contributed by atoms with Crippen molar-refractivity contribution in [2.45, 2.75) is 25.7 Å². The van der Waals surface area contributed by atoms with E-state index in [2.05, 4.69) is 9.72 Å². The number of ether oxygens (including phenoxy) is 2. The van der Waals surface area contributed by atoms with E-state index in [9.17, 15) is 14.4 Å². The average molecular weight is 381 g/mol. The third-order valence-corrected chi connectivity index (χ3v) is 5.76. The van der Waals surface area contributed by atoms with Crippen molar-refractivity contribution in [1.82, 2.24) is 14.8 Å². The lowest BCUT2D eigenvalue weighted by Gasteiger charge is -2.25. The molecule has 1 aromatic rings. The Balaban J connectivity index is 1.58. The van der Waals surface area contributed by atoms with E-state index in [1.807, 2.05) is 0 Å². The van der Waals surface area contributed by atoms with E-state index in [-0.39, 0.29) is 30.6 Å². The zero-order valence-electron chi connectivity index (χ0n) is 14.9. The molecule has 0 aromatic carbocycles. The number of amides is 2. The number of carbonyl (C=O) groups is 3. The molecule has 1 fully saturated rings. The molecule has 0 unspecified atom stereocenters. The maximum atomic E-state index is 12.6. The molecule has 3 rings (SSSR count). The molecule has 9 heteroatoms. The lowest BCUT2D eigenvalue weighted by molar-refractivity contribution is -0.143. The fraction of sp³-hybridized carbons (Fsp3) is 0.647. The van der Waals surface area contributed by atoms with Crippen LogP contribution in [0.1, 0.15) is 33.2 Å². The summed E-state index contributed by atoms with van der Waals surface area (Å²) in [5, 5.41) is 0.530. The number of rotatable bonds is 4. The number of nitrogens with zero attached hydrogens (tertiary/aromatic N) is 3. The molecule has 142 valence electrons. The van der Waals surface area contributed by atoms with Crippen LogP contribution in [0.3, 0.4) is 0 Å². The lowest BCUT2D eigenvalue weighted by atomic mass is 10.2. The highest BCUT2D eigenvalue weighted by molar-refractivity contribution is 7.13. The minimum Gasteiger partial charge on any atom is -0.469 e. The summed E-state index contributed by atoms with van der Waals surface area (Å²) < 4.78 is 9.86. The third kappa shape index (κ3) is 4.39. The maximum absolute atomic E-state index is 12.6. The fourth-order valence-electron chi connectivity index (χ4n) is 3.07. The van der Waals surface area contributed by atoms with Gasteiger partial charge in [0, 0.05) is 50.3 Å². The molecule has 0 N–H and O–H groups in total. The van der Waals surface area contributed by atoms with Crippen LogP contribution in [0.2, 0.25) is 0 Å². The molecule has 2 aliphatic heterocycles. The first-order valence-electron chi connectivity index (χ1n) is 8.78. The Morgan fingerprint density at radius 2 is 1.81 bits per heavy atom. The predicted molar refractivity (Wildman–Crippen MR) is 94.1 cm³/mol. The minimum atomic E-state index is -0.375. The predicted octanol–water partition coefficient (Wildman–Crippen LogP) is 0.496. The monoisotopic (exact) mass is 381 g/mol. The Kier molecular flexibility index (Phi) is 6.20. The highest BCUT2D eigenvalue weighted by Crippen LogP contribution is 2.24. The van der Waals surface area contributed by atoms with Gasteiger partial charge in [-0.1, -0.05) is 0 Å². The summed E-state index contributed by atoms with van der Waals surface area (Å²) >= 11 is 1.43. The number of hydrogen-bond acceptors (Lipinski definition) is 7. The summed E-state index contributed by atoms with van der Waals surface area (Å²) in [7, 11) is 1.32. The quantitative estimate of drug-likeness (QED) is 0.706. The zero-order valence-corrected chi connectivity index (χ0v) is 15.7. The number of carbonyl (C=O) groups excluding carboxylic acids is 3. The van der Waals surface area contributed by atoms with Crippen LogP contribution in [0.25, 0.3) is 0 Å². The van der Waals surface area contributed by atoms with Crippen molar-refractivity contribution < 1.29 is 23.9 Å². The molecule has 2 amide bonds. The van der Waals surface area contributed by atoms with Crippen LogP contribution in [-0.2, 0) is 31.9 Å². The van der Waals surface area contributed by atoms with Crippen LogP contribution in [0.15, 0.2) is 0 Å². The van der Waals surface area contributed by atoms with E-state index in [0.29, 0.717) is 57.2 Å². The van der Waals surface area contributed by atoms with E-state index in [1.54, 1.807) is 9.80 Å². The highest BCUT2D eigenvalue weighted by Gasteiger charge is 2.26. The fourth-order valence-corrected chi connectivity index (χ4v) is 4.14. The second kappa shape index (κ2) is 8.59. The molecule has 8 nitrogen and oxygen atoms in total. The number of morpholine rings is 1. The summed E-state index contributed by atoms with van der Waals surface area (Å²) in [5.41, 5.74) is 0.912. The molecular weight excluding hydrogens is 358 g/mol. The Morgan fingerprint density at radius 1 is 1.08 bits per heavy atom. The van der Waals surface area contributed by atoms with Gasteiger partial charge < -0.3 is 19.3 Å². The van der Waals surface area contributed by atoms with Crippen molar-refractivity contribution in [3.8, 4) is 0 Å². The average Bonchev–Trinajstić information content (AvgIpc) is 2.98. The second-order valence-electron chi connectivity index (χ2n) is 6.25. The normalized spacial score (nSPS) is 17.4. The van der Waals surface area contributed by atoms with Gasteiger partial charge in [-0.05, 0) is 0 Å². The van der Waals surface area contributed by atoms with E-state index < -0.39 is 0 Å². The lowest BCUT2D eigenvalue weighted by Crippen LogP contribution is -2.40. The van der Waals surface area contributed by atoms with Gasteiger partial charge >= 0.3 is 5.97 Å². The van der Waals surface area contributed by atoms with Gasteiger partial charge in [0.1, 0.15) is 0 Å². The van der Waals surface area contributed by atoms with Crippen LogP contribution in [0.5, 0.6) is 0 Å². The van der Waals surface area contributed by atoms with Crippen LogP contribution in [0.4, 0.5) is 0 Å². The van der Waals surface area contributed by atoms with Gasteiger partial charge in [-0.3, -0.25) is 14.4 Å². The largest absolute Gasteiger partial charge is 0.469 e. The molecule has 0 radical (unpaired) electrons. The molecule has 1 aromatic heterocycles. The van der Waals surface area contributed by atoms with E-state index >= 15 is 0 Å². The number of thiazole rings is 1. The van der Waals surface area contributed by atoms with Gasteiger partial charge in [-0.2, -0.15) is 0 Å². The van der Waals surface area contributed by atoms with Crippen molar-refractivity contribution in [2.24, 2.45) is 0 Å². The number of fused-ring (bicyclic) bond motifs is 1. The number of methoxy groups -OCH3 is 1. The first-order valence-corrected chi connectivity index (χ1v) is 9.60. The zero-order chi connectivity index (χ0) is 18.5. The Hall–Kier alpha value is -2.00. The molecule has 26 heavy (non-hydrogen) atoms. The van der Waals surface area contributed by atoms with Crippen LogP contribution in [0, 0.1) is 0 Å². The Bertz CT molecular complexity index is 658. The standard InChI is InChI=1S/C17H23N3O5S/c1-24-15(22)3-2-14(21)19-6-4-12-13(5-7-19)26-16(18-12)17(23)20-8-10-25-11-9-20/h2-11H2,1H3. The summed E-state index contributed by atoms with van der Waals surface area (Å²) in [6.07, 6.45) is 1.58. The van der Waals surface area contributed by atoms with Gasteiger partial charge in [0.15, 0.2) is 5.01 Å². The number of hydrogen-bond donors (Lipinski definition) is 0. The molecule has 2 aliphatic rings. The van der Waals surface area contributed by atoms with Crippen molar-refractivity contribution in [3.63, 3.8) is 0 Å². The van der Waals surface area contributed by atoms with Crippen LogP contribution >= 0.6 is 11.3 Å². The third-order valence-electron chi connectivity index (χ3n) is 4.61. The Morgan fingerprint density at radius 3 is 2.54 bits per heavy atom. The summed E-state index contributed by atoms with van der Waals surface area (Å²) in [5.74, 6) is -0.451. The molecule has 0 aliphatic carbocycles. The number of aromatic nitrogens is 1. The molecule has 0 atom stereocenters. The smallest absolute Gasteiger partial charge is 0.306 e. The van der Waals surface area contributed by atoms with Crippen LogP contribution in [-0.4, -0.2) is 79.1 Å². The highest BCUT2D eigenvalue weighted by atomic mass is 32.1. The van der Waals surface area contributed by atoms with Crippen molar-refractivity contribution in [1.29, 1.82) is 0 Å². The molecular formula is C17H23N3O5S. The van der Waals surface area contributed by atoms with Crippen molar-refractivity contribution in [2.75, 3.05) is 46.5 Å². The molecule has 1 saturated heterocycles. The van der Waals surface area contributed by atoms with Crippen molar-refractivity contribution >= 4 is 29.1 Å².